The highest BCUT2D eigenvalue weighted by Crippen LogP contribution is 2.28. The van der Waals surface area contributed by atoms with Gasteiger partial charge in [0.2, 0.25) is 5.78 Å². The highest BCUT2D eigenvalue weighted by molar-refractivity contribution is 9.11. The van der Waals surface area contributed by atoms with Crippen LogP contribution in [0.3, 0.4) is 0 Å². The van der Waals surface area contributed by atoms with Crippen LogP contribution in [0.5, 0.6) is 5.75 Å². The third kappa shape index (κ3) is 3.86. The minimum absolute atomic E-state index is 0.0664. The van der Waals surface area contributed by atoms with E-state index in [1.165, 1.54) is 6.92 Å². The van der Waals surface area contributed by atoms with Gasteiger partial charge in [0, 0.05) is 10.2 Å². The van der Waals surface area contributed by atoms with Crippen molar-refractivity contribution in [2.24, 2.45) is 5.73 Å². The number of Topliss-reactive ketones (excluding diaryl/α,β-unsaturated/α-hetero) is 1. The Morgan fingerprint density at radius 3 is 2.67 bits per heavy atom. The number of nitriles is 1. The highest BCUT2D eigenvalue weighted by atomic mass is 79.9. The SMILES string of the molecule is C/C(N)=C(/C#N)C(=O)COc1ccc(Br)cc1Br. The van der Waals surface area contributed by atoms with Gasteiger partial charge in [0.25, 0.3) is 0 Å². The fraction of sp³-hybridized carbons (Fsp3) is 0.167. The van der Waals surface area contributed by atoms with Gasteiger partial charge in [-0.25, -0.2) is 0 Å². The average molecular weight is 374 g/mol. The second-order valence-corrected chi connectivity index (χ2v) is 5.23. The number of allylic oxidation sites excluding steroid dienone is 1. The number of ketones is 1. The molecule has 4 nitrogen and oxygen atoms in total. The maximum Gasteiger partial charge on any atom is 0.212 e. The molecule has 0 saturated heterocycles. The highest BCUT2D eigenvalue weighted by Gasteiger charge is 2.13. The summed E-state index contributed by atoms with van der Waals surface area (Å²) in [5, 5.41) is 8.78. The summed E-state index contributed by atoms with van der Waals surface area (Å²) in [4.78, 5) is 11.7. The van der Waals surface area contributed by atoms with Gasteiger partial charge >= 0.3 is 0 Å². The molecule has 0 atom stereocenters. The normalized spacial score (nSPS) is 11.4. The summed E-state index contributed by atoms with van der Waals surface area (Å²) in [7, 11) is 0. The van der Waals surface area contributed by atoms with E-state index in [0.717, 1.165) is 8.95 Å². The Kier molecular flexibility index (Phi) is 5.38. The Labute approximate surface area is 122 Å². The summed E-state index contributed by atoms with van der Waals surface area (Å²) in [6.07, 6.45) is 0. The van der Waals surface area contributed by atoms with Gasteiger partial charge in [-0.2, -0.15) is 5.26 Å². The number of nitrogens with two attached hydrogens (primary N) is 1. The van der Waals surface area contributed by atoms with Crippen LogP contribution in [0.4, 0.5) is 0 Å². The second-order valence-electron chi connectivity index (χ2n) is 3.46. The van der Waals surface area contributed by atoms with Crippen LogP contribution in [0.25, 0.3) is 0 Å². The molecule has 0 aliphatic carbocycles. The largest absolute Gasteiger partial charge is 0.484 e. The topological polar surface area (TPSA) is 76.1 Å². The lowest BCUT2D eigenvalue weighted by Gasteiger charge is -2.07. The third-order valence-electron chi connectivity index (χ3n) is 2.04. The summed E-state index contributed by atoms with van der Waals surface area (Å²) < 4.78 is 6.94. The number of hydrogen-bond acceptors (Lipinski definition) is 4. The lowest BCUT2D eigenvalue weighted by molar-refractivity contribution is -0.117. The molecule has 0 aliphatic rings. The van der Waals surface area contributed by atoms with Crippen LogP contribution in [-0.2, 0) is 4.79 Å². The maximum absolute atomic E-state index is 11.7. The second kappa shape index (κ2) is 6.57. The average Bonchev–Trinajstić information content (AvgIpc) is 2.28. The van der Waals surface area contributed by atoms with Crippen molar-refractivity contribution in [2.75, 3.05) is 6.61 Å². The molecule has 0 aromatic heterocycles. The molecule has 0 fully saturated rings. The van der Waals surface area contributed by atoms with Gasteiger partial charge in [-0.05, 0) is 41.1 Å². The van der Waals surface area contributed by atoms with E-state index in [0.29, 0.717) is 5.75 Å². The van der Waals surface area contributed by atoms with Gasteiger partial charge in [0.1, 0.15) is 17.4 Å². The molecule has 0 bridgehead atoms. The molecule has 0 saturated carbocycles. The van der Waals surface area contributed by atoms with Crippen molar-refractivity contribution in [3.05, 3.63) is 38.4 Å². The molecule has 0 amide bonds. The van der Waals surface area contributed by atoms with E-state index in [9.17, 15) is 4.79 Å². The van der Waals surface area contributed by atoms with Crippen LogP contribution in [0, 0.1) is 11.3 Å². The van der Waals surface area contributed by atoms with E-state index < -0.39 is 5.78 Å². The number of benzene rings is 1. The van der Waals surface area contributed by atoms with E-state index in [-0.39, 0.29) is 17.9 Å². The predicted octanol–water partition coefficient (Wildman–Crippen LogP) is 2.92. The molecule has 0 spiro atoms. The van der Waals surface area contributed by atoms with Crippen LogP contribution in [-0.4, -0.2) is 12.4 Å². The van der Waals surface area contributed by atoms with Gasteiger partial charge in [0.15, 0.2) is 6.61 Å². The number of carbonyl (C=O) groups excluding carboxylic acids is 1. The van der Waals surface area contributed by atoms with Crippen LogP contribution >= 0.6 is 31.9 Å². The maximum atomic E-state index is 11.7. The Bertz CT molecular complexity index is 543. The summed E-state index contributed by atoms with van der Waals surface area (Å²) in [6, 6.07) is 7.07. The molecule has 6 heteroatoms. The molecule has 0 aliphatic heterocycles. The lowest BCUT2D eigenvalue weighted by atomic mass is 10.1. The monoisotopic (exact) mass is 372 g/mol. The quantitative estimate of drug-likeness (QED) is 0.650. The molecule has 1 aromatic carbocycles. The number of rotatable bonds is 4. The van der Waals surface area contributed by atoms with Gasteiger partial charge in [-0.15, -0.1) is 0 Å². The van der Waals surface area contributed by atoms with Crippen LogP contribution in [0.1, 0.15) is 6.92 Å². The van der Waals surface area contributed by atoms with Crippen molar-refractivity contribution >= 4 is 37.6 Å². The summed E-state index contributed by atoms with van der Waals surface area (Å²) in [6.45, 7) is 1.28. The van der Waals surface area contributed by atoms with Crippen molar-refractivity contribution in [1.82, 2.24) is 0 Å². The Hall–Kier alpha value is -1.32. The van der Waals surface area contributed by atoms with Crippen LogP contribution in [0.2, 0.25) is 0 Å². The molecule has 1 rings (SSSR count). The van der Waals surface area contributed by atoms with E-state index in [1.807, 2.05) is 0 Å². The van der Waals surface area contributed by atoms with Crippen molar-refractivity contribution < 1.29 is 9.53 Å². The van der Waals surface area contributed by atoms with Crippen molar-refractivity contribution in [3.8, 4) is 11.8 Å². The molecular formula is C12H10Br2N2O2. The van der Waals surface area contributed by atoms with Crippen molar-refractivity contribution in [3.63, 3.8) is 0 Å². The van der Waals surface area contributed by atoms with Crippen LogP contribution in [0.15, 0.2) is 38.4 Å². The van der Waals surface area contributed by atoms with Gasteiger partial charge in [-0.1, -0.05) is 15.9 Å². The number of hydrogen-bond donors (Lipinski definition) is 1. The number of halogens is 2. The summed E-state index contributed by atoms with van der Waals surface area (Å²) >= 11 is 6.62. The van der Waals surface area contributed by atoms with E-state index >= 15 is 0 Å². The molecule has 0 unspecified atom stereocenters. The predicted molar refractivity (Wildman–Crippen MR) is 74.8 cm³/mol. The minimum atomic E-state index is -0.438. The molecule has 18 heavy (non-hydrogen) atoms. The van der Waals surface area contributed by atoms with Gasteiger partial charge in [-0.3, -0.25) is 4.79 Å². The van der Waals surface area contributed by atoms with Crippen LogP contribution < -0.4 is 10.5 Å². The fourth-order valence-corrected chi connectivity index (χ4v) is 2.34. The Morgan fingerprint density at radius 2 is 2.17 bits per heavy atom. The molecule has 0 radical (unpaired) electrons. The third-order valence-corrected chi connectivity index (χ3v) is 3.15. The molecule has 0 heterocycles. The van der Waals surface area contributed by atoms with Gasteiger partial charge in [0.05, 0.1) is 4.47 Å². The fourth-order valence-electron chi connectivity index (χ4n) is 1.18. The minimum Gasteiger partial charge on any atom is -0.484 e. The zero-order valence-electron chi connectivity index (χ0n) is 9.54. The Morgan fingerprint density at radius 1 is 1.50 bits per heavy atom. The summed E-state index contributed by atoms with van der Waals surface area (Å²) in [5.74, 6) is 0.0887. The van der Waals surface area contributed by atoms with Crippen molar-refractivity contribution in [2.45, 2.75) is 6.92 Å². The molecule has 1 aromatic rings. The number of carbonyl (C=O) groups is 1. The number of nitrogens with zero attached hydrogens (tertiary/aromatic N) is 1. The zero-order valence-corrected chi connectivity index (χ0v) is 12.7. The van der Waals surface area contributed by atoms with E-state index in [1.54, 1.807) is 24.3 Å². The van der Waals surface area contributed by atoms with E-state index in [2.05, 4.69) is 31.9 Å². The lowest BCUT2D eigenvalue weighted by Crippen LogP contribution is -2.16. The molecular weight excluding hydrogens is 364 g/mol. The standard InChI is InChI=1S/C12H10Br2N2O2/c1-7(16)9(5-15)11(17)6-18-12-3-2-8(13)4-10(12)14/h2-4H,6,16H2,1H3/b9-7+. The smallest absolute Gasteiger partial charge is 0.212 e. The molecule has 94 valence electrons. The Balaban J connectivity index is 2.75. The molecule has 2 N–H and O–H groups in total. The first-order valence-corrected chi connectivity index (χ1v) is 6.51. The first-order valence-electron chi connectivity index (χ1n) is 4.93. The first-order chi connectivity index (χ1) is 8.45. The first kappa shape index (κ1) is 14.7. The van der Waals surface area contributed by atoms with Gasteiger partial charge < -0.3 is 10.5 Å². The van der Waals surface area contributed by atoms with E-state index in [4.69, 9.17) is 15.7 Å². The summed E-state index contributed by atoms with van der Waals surface area (Å²) in [5.41, 5.74) is 5.56. The van der Waals surface area contributed by atoms with Crippen molar-refractivity contribution in [1.29, 1.82) is 5.26 Å². The zero-order chi connectivity index (χ0) is 13.7. The number of ether oxygens (including phenoxy) is 1.